The highest BCUT2D eigenvalue weighted by molar-refractivity contribution is 7.98. The van der Waals surface area contributed by atoms with Gasteiger partial charge in [-0.05, 0) is 75.6 Å². The lowest BCUT2D eigenvalue weighted by atomic mass is 10.0. The summed E-state index contributed by atoms with van der Waals surface area (Å²) in [5, 5.41) is 19.8. The third-order valence-corrected chi connectivity index (χ3v) is 4.88. The number of allylic oxidation sites excluding steroid dienone is 4. The molecule has 0 aliphatic rings. The molecule has 2 N–H and O–H groups in total. The molecule has 0 amide bonds. The molecule has 150 valence electrons. The summed E-state index contributed by atoms with van der Waals surface area (Å²) in [5.74, 6) is 0.947. The van der Waals surface area contributed by atoms with Crippen molar-refractivity contribution in [2.75, 3.05) is 12.9 Å². The molecule has 3 nitrogen and oxygen atoms in total. The molecule has 1 aromatic carbocycles. The number of hydrogen-bond donors (Lipinski definition) is 2. The third kappa shape index (κ3) is 7.96. The summed E-state index contributed by atoms with van der Waals surface area (Å²) in [6, 6.07) is 7.95. The fraction of sp³-hybridized carbons (Fsp3) is 0.478. The van der Waals surface area contributed by atoms with Crippen LogP contribution in [0.4, 0.5) is 0 Å². The van der Waals surface area contributed by atoms with Gasteiger partial charge in [0.2, 0.25) is 0 Å². The number of thioether (sulfide) groups is 1. The molecule has 1 rings (SSSR count). The molecule has 1 aromatic rings. The van der Waals surface area contributed by atoms with Crippen LogP contribution in [-0.2, 0) is 4.74 Å². The van der Waals surface area contributed by atoms with Gasteiger partial charge < -0.3 is 14.9 Å². The summed E-state index contributed by atoms with van der Waals surface area (Å²) >= 11 is 1.69. The Bertz CT molecular complexity index is 680. The summed E-state index contributed by atoms with van der Waals surface area (Å²) < 4.78 is 6.01. The van der Waals surface area contributed by atoms with Gasteiger partial charge in [-0.3, -0.25) is 0 Å². The molecule has 0 heterocycles. The highest BCUT2D eigenvalue weighted by Crippen LogP contribution is 2.25. The van der Waals surface area contributed by atoms with Crippen LogP contribution in [0.25, 0.3) is 0 Å². The van der Waals surface area contributed by atoms with E-state index < -0.39 is 11.7 Å². The predicted octanol–water partition coefficient (Wildman–Crippen LogP) is 5.66. The number of benzene rings is 1. The molecular formula is C23H34O3S. The fourth-order valence-corrected chi connectivity index (χ4v) is 3.01. The van der Waals surface area contributed by atoms with E-state index in [1.807, 2.05) is 77.3 Å². The predicted molar refractivity (Wildman–Crippen MR) is 116 cm³/mol. The van der Waals surface area contributed by atoms with Gasteiger partial charge in [-0.1, -0.05) is 37.3 Å². The summed E-state index contributed by atoms with van der Waals surface area (Å²) in [6.07, 6.45) is 7.34. The highest BCUT2D eigenvalue weighted by Gasteiger charge is 2.21. The van der Waals surface area contributed by atoms with Crippen LogP contribution in [0.2, 0.25) is 0 Å². The first kappa shape index (κ1) is 23.5. The molecule has 27 heavy (non-hydrogen) atoms. The van der Waals surface area contributed by atoms with Crippen molar-refractivity contribution in [2.45, 2.75) is 58.1 Å². The lowest BCUT2D eigenvalue weighted by Crippen LogP contribution is -2.29. The fourth-order valence-electron chi connectivity index (χ4n) is 2.60. The average molecular weight is 391 g/mol. The van der Waals surface area contributed by atoms with Crippen molar-refractivity contribution in [1.82, 2.24) is 0 Å². The van der Waals surface area contributed by atoms with Gasteiger partial charge >= 0.3 is 0 Å². The number of aliphatic hydroxyl groups excluding tert-OH is 2. The molecule has 0 fully saturated rings. The Morgan fingerprint density at radius 2 is 1.74 bits per heavy atom. The first-order chi connectivity index (χ1) is 12.6. The number of hydrogen-bond acceptors (Lipinski definition) is 4. The van der Waals surface area contributed by atoms with E-state index in [-0.39, 0.29) is 12.5 Å². The Kier molecular flexibility index (Phi) is 9.37. The van der Waals surface area contributed by atoms with E-state index in [0.717, 1.165) is 22.5 Å². The molecule has 4 heteroatoms. The molecule has 0 saturated carbocycles. The van der Waals surface area contributed by atoms with Crippen molar-refractivity contribution in [1.29, 1.82) is 0 Å². The van der Waals surface area contributed by atoms with E-state index in [1.165, 1.54) is 4.90 Å². The maximum atomic E-state index is 10.4. The smallest absolute Gasteiger partial charge is 0.126 e. The Balaban J connectivity index is 2.85. The van der Waals surface area contributed by atoms with Crippen LogP contribution in [0, 0.1) is 5.92 Å². The normalized spacial score (nSPS) is 14.9. The second-order valence-electron chi connectivity index (χ2n) is 7.66. The molecule has 0 aromatic heterocycles. The molecule has 2 unspecified atom stereocenters. The van der Waals surface area contributed by atoms with Crippen molar-refractivity contribution in [3.8, 4) is 0 Å². The Hall–Kier alpha value is -1.49. The zero-order chi connectivity index (χ0) is 20.6. The molecule has 0 radical (unpaired) electrons. The largest absolute Gasteiger partial charge is 0.485 e. The van der Waals surface area contributed by atoms with E-state index in [2.05, 4.69) is 13.0 Å². The van der Waals surface area contributed by atoms with Gasteiger partial charge in [-0.15, -0.1) is 11.8 Å². The minimum atomic E-state index is -0.625. The van der Waals surface area contributed by atoms with Crippen molar-refractivity contribution in [2.24, 2.45) is 5.92 Å². The van der Waals surface area contributed by atoms with Crippen LogP contribution in [-0.4, -0.2) is 28.7 Å². The molecule has 0 aliphatic heterocycles. The van der Waals surface area contributed by atoms with E-state index in [4.69, 9.17) is 4.74 Å². The zero-order valence-electron chi connectivity index (χ0n) is 17.6. The van der Waals surface area contributed by atoms with Crippen LogP contribution in [0.5, 0.6) is 0 Å². The Morgan fingerprint density at radius 1 is 1.15 bits per heavy atom. The van der Waals surface area contributed by atoms with E-state index in [0.29, 0.717) is 0 Å². The van der Waals surface area contributed by atoms with Gasteiger partial charge in [0.25, 0.3) is 0 Å². The van der Waals surface area contributed by atoms with Gasteiger partial charge in [0.15, 0.2) is 0 Å². The van der Waals surface area contributed by atoms with Crippen LogP contribution in [0.15, 0.2) is 64.3 Å². The van der Waals surface area contributed by atoms with E-state index in [1.54, 1.807) is 11.8 Å². The minimum absolute atomic E-state index is 0.0476. The molecule has 0 aliphatic carbocycles. The van der Waals surface area contributed by atoms with Gasteiger partial charge in [-0.25, -0.2) is 0 Å². The summed E-state index contributed by atoms with van der Waals surface area (Å²) in [7, 11) is 0. The van der Waals surface area contributed by atoms with Gasteiger partial charge in [0.1, 0.15) is 11.4 Å². The lowest BCUT2D eigenvalue weighted by molar-refractivity contribution is -0.0107. The third-order valence-electron chi connectivity index (χ3n) is 4.14. The van der Waals surface area contributed by atoms with Crippen molar-refractivity contribution in [3.05, 3.63) is 65.0 Å². The SMILES string of the molecule is CSc1ccc(C(O)/C=C/C(C)/C=C(/C)C(OC(C)(C)CO)=C(C)C)cc1. The average Bonchev–Trinajstić information content (AvgIpc) is 2.64. The molecule has 0 spiro atoms. The molecule has 0 saturated heterocycles. The second-order valence-corrected chi connectivity index (χ2v) is 8.54. The molecule has 0 bridgehead atoms. The number of aliphatic hydroxyl groups is 2. The second kappa shape index (κ2) is 10.7. The highest BCUT2D eigenvalue weighted by atomic mass is 32.2. The Labute approximate surface area is 168 Å². The molecule has 2 atom stereocenters. The first-order valence-corrected chi connectivity index (χ1v) is 10.5. The summed E-state index contributed by atoms with van der Waals surface area (Å²) in [4.78, 5) is 1.18. The first-order valence-electron chi connectivity index (χ1n) is 9.26. The van der Waals surface area contributed by atoms with Gasteiger partial charge in [0, 0.05) is 4.90 Å². The lowest BCUT2D eigenvalue weighted by Gasteiger charge is -2.27. The van der Waals surface area contributed by atoms with Crippen molar-refractivity contribution in [3.63, 3.8) is 0 Å². The number of rotatable bonds is 9. The van der Waals surface area contributed by atoms with Crippen molar-refractivity contribution >= 4 is 11.8 Å². The van der Waals surface area contributed by atoms with Gasteiger partial charge in [0.05, 0.1) is 12.7 Å². The summed E-state index contributed by atoms with van der Waals surface area (Å²) in [6.45, 7) is 11.8. The minimum Gasteiger partial charge on any atom is -0.485 e. The zero-order valence-corrected chi connectivity index (χ0v) is 18.4. The van der Waals surface area contributed by atoms with Crippen LogP contribution in [0.1, 0.15) is 53.2 Å². The van der Waals surface area contributed by atoms with Crippen LogP contribution < -0.4 is 0 Å². The Morgan fingerprint density at radius 3 is 2.22 bits per heavy atom. The molecular weight excluding hydrogens is 356 g/mol. The summed E-state index contributed by atoms with van der Waals surface area (Å²) in [5.41, 5.74) is 2.35. The van der Waals surface area contributed by atoms with Crippen LogP contribution >= 0.6 is 11.8 Å². The maximum absolute atomic E-state index is 10.4. The monoisotopic (exact) mass is 390 g/mol. The standard InChI is InChI=1S/C23H34O3S/c1-16(2)22(26-23(5,6)15-24)18(4)14-17(3)8-13-21(25)19-9-11-20(27-7)12-10-19/h8-14,17,21,24-25H,15H2,1-7H3/b13-8+,18-14-. The quantitative estimate of drug-likeness (QED) is 0.247. The number of ether oxygens (including phenoxy) is 1. The van der Waals surface area contributed by atoms with E-state index >= 15 is 0 Å². The van der Waals surface area contributed by atoms with Crippen molar-refractivity contribution < 1.29 is 14.9 Å². The van der Waals surface area contributed by atoms with Crippen LogP contribution in [0.3, 0.4) is 0 Å². The van der Waals surface area contributed by atoms with Gasteiger partial charge in [-0.2, -0.15) is 0 Å². The van der Waals surface area contributed by atoms with E-state index in [9.17, 15) is 10.2 Å². The maximum Gasteiger partial charge on any atom is 0.126 e. The topological polar surface area (TPSA) is 49.7 Å².